The van der Waals surface area contributed by atoms with Gasteiger partial charge < -0.3 is 9.84 Å². The zero-order valence-electron chi connectivity index (χ0n) is 10.2. The van der Waals surface area contributed by atoms with Gasteiger partial charge in [-0.25, -0.2) is 4.79 Å². The SMILES string of the molecule is O=C(O)c1cc([N+](=O)[O-])cc(Cl)c1Oc1ccccc1Br. The lowest BCUT2D eigenvalue weighted by Gasteiger charge is -2.11. The van der Waals surface area contributed by atoms with Crippen LogP contribution < -0.4 is 4.74 Å². The van der Waals surface area contributed by atoms with E-state index in [-0.39, 0.29) is 16.3 Å². The van der Waals surface area contributed by atoms with Crippen molar-refractivity contribution < 1.29 is 19.6 Å². The number of halogens is 2. The van der Waals surface area contributed by atoms with Gasteiger partial charge in [0.05, 0.1) is 14.4 Å². The molecule has 108 valence electrons. The standard InChI is InChI=1S/C13H7BrClNO5/c14-9-3-1-2-4-11(9)21-12-8(13(17)18)5-7(16(19)20)6-10(12)15/h1-6H,(H,17,18). The number of non-ortho nitro benzene ring substituents is 1. The molecule has 0 heterocycles. The van der Waals surface area contributed by atoms with E-state index in [1.165, 1.54) is 0 Å². The summed E-state index contributed by atoms with van der Waals surface area (Å²) >= 11 is 9.17. The van der Waals surface area contributed by atoms with Gasteiger partial charge in [0.15, 0.2) is 5.75 Å². The van der Waals surface area contributed by atoms with Crippen molar-refractivity contribution in [2.24, 2.45) is 0 Å². The fourth-order valence-electron chi connectivity index (χ4n) is 1.58. The lowest BCUT2D eigenvalue weighted by atomic mass is 10.1. The number of carboxylic acid groups (broad SMARTS) is 1. The minimum absolute atomic E-state index is 0.151. The Kier molecular flexibility index (Phi) is 4.44. The van der Waals surface area contributed by atoms with Crippen molar-refractivity contribution in [3.05, 3.63) is 61.6 Å². The third-order valence-electron chi connectivity index (χ3n) is 2.52. The molecule has 2 aromatic rings. The minimum atomic E-state index is -1.37. The van der Waals surface area contributed by atoms with E-state index >= 15 is 0 Å². The number of nitro benzene ring substituents is 1. The summed E-state index contributed by atoms with van der Waals surface area (Å²) in [5, 5.41) is 19.8. The first kappa shape index (κ1) is 15.3. The molecule has 0 bridgehead atoms. The summed E-state index contributed by atoms with van der Waals surface area (Å²) in [5.41, 5.74) is -0.804. The molecule has 0 aliphatic heterocycles. The van der Waals surface area contributed by atoms with Crippen LogP contribution in [0.1, 0.15) is 10.4 Å². The number of rotatable bonds is 4. The molecule has 0 saturated heterocycles. The van der Waals surface area contributed by atoms with Crippen LogP contribution in [0.5, 0.6) is 11.5 Å². The quantitative estimate of drug-likeness (QED) is 0.630. The largest absolute Gasteiger partial charge is 0.478 e. The lowest BCUT2D eigenvalue weighted by molar-refractivity contribution is -0.384. The minimum Gasteiger partial charge on any atom is -0.478 e. The van der Waals surface area contributed by atoms with E-state index in [4.69, 9.17) is 16.3 Å². The molecule has 0 saturated carbocycles. The Morgan fingerprint density at radius 1 is 1.33 bits per heavy atom. The maximum absolute atomic E-state index is 11.3. The first-order valence-corrected chi connectivity index (χ1v) is 6.71. The number of hydrogen-bond acceptors (Lipinski definition) is 4. The third kappa shape index (κ3) is 3.32. The number of benzene rings is 2. The van der Waals surface area contributed by atoms with E-state index in [2.05, 4.69) is 15.9 Å². The number of carboxylic acids is 1. The molecule has 0 aliphatic carbocycles. The van der Waals surface area contributed by atoms with Crippen LogP contribution in [0.4, 0.5) is 5.69 Å². The predicted octanol–water partition coefficient (Wildman–Crippen LogP) is 4.50. The van der Waals surface area contributed by atoms with Crippen molar-refractivity contribution in [1.29, 1.82) is 0 Å². The number of carbonyl (C=O) groups is 1. The summed E-state index contributed by atoms with van der Waals surface area (Å²) in [6.07, 6.45) is 0. The molecule has 0 fully saturated rings. The molecule has 21 heavy (non-hydrogen) atoms. The molecule has 0 aliphatic rings. The molecule has 8 heteroatoms. The molecular weight excluding hydrogens is 366 g/mol. The maximum atomic E-state index is 11.3. The highest BCUT2D eigenvalue weighted by molar-refractivity contribution is 9.10. The van der Waals surface area contributed by atoms with Crippen molar-refractivity contribution in [2.75, 3.05) is 0 Å². The highest BCUT2D eigenvalue weighted by Gasteiger charge is 2.22. The molecule has 2 rings (SSSR count). The Hall–Kier alpha value is -2.12. The number of nitrogens with zero attached hydrogens (tertiary/aromatic N) is 1. The van der Waals surface area contributed by atoms with Gasteiger partial charge in [0.25, 0.3) is 5.69 Å². The maximum Gasteiger partial charge on any atom is 0.339 e. The number of hydrogen-bond donors (Lipinski definition) is 1. The molecule has 6 nitrogen and oxygen atoms in total. The summed E-state index contributed by atoms with van der Waals surface area (Å²) in [4.78, 5) is 21.3. The second-order valence-electron chi connectivity index (χ2n) is 3.90. The van der Waals surface area contributed by atoms with Crippen molar-refractivity contribution in [1.82, 2.24) is 0 Å². The van der Waals surface area contributed by atoms with Gasteiger partial charge in [0, 0.05) is 12.1 Å². The smallest absolute Gasteiger partial charge is 0.339 e. The molecule has 0 amide bonds. The first-order valence-electron chi connectivity index (χ1n) is 5.53. The van der Waals surface area contributed by atoms with Gasteiger partial charge in [0.2, 0.25) is 0 Å². The van der Waals surface area contributed by atoms with Crippen LogP contribution in [0.25, 0.3) is 0 Å². The second-order valence-corrected chi connectivity index (χ2v) is 5.16. The normalized spacial score (nSPS) is 10.2. The average Bonchev–Trinajstić information content (AvgIpc) is 2.42. The van der Waals surface area contributed by atoms with Crippen LogP contribution in [0.2, 0.25) is 5.02 Å². The number of aromatic carboxylic acids is 1. The van der Waals surface area contributed by atoms with Crippen molar-refractivity contribution >= 4 is 39.2 Å². The molecule has 0 spiro atoms. The van der Waals surface area contributed by atoms with E-state index in [9.17, 15) is 20.0 Å². The van der Waals surface area contributed by atoms with Crippen LogP contribution in [0, 0.1) is 10.1 Å². The molecule has 0 radical (unpaired) electrons. The van der Waals surface area contributed by atoms with Crippen LogP contribution in [0.3, 0.4) is 0 Å². The van der Waals surface area contributed by atoms with Gasteiger partial charge in [-0.15, -0.1) is 0 Å². The van der Waals surface area contributed by atoms with E-state index in [1.54, 1.807) is 24.3 Å². The topological polar surface area (TPSA) is 89.7 Å². The van der Waals surface area contributed by atoms with E-state index in [0.29, 0.717) is 10.2 Å². The highest BCUT2D eigenvalue weighted by Crippen LogP contribution is 2.38. The van der Waals surface area contributed by atoms with E-state index in [1.807, 2.05) is 0 Å². The van der Waals surface area contributed by atoms with Crippen molar-refractivity contribution in [3.8, 4) is 11.5 Å². The zero-order chi connectivity index (χ0) is 15.6. The molecule has 0 unspecified atom stereocenters. The van der Waals surface area contributed by atoms with Gasteiger partial charge in [-0.2, -0.15) is 0 Å². The Bertz CT molecular complexity index is 734. The lowest BCUT2D eigenvalue weighted by Crippen LogP contribution is -2.02. The van der Waals surface area contributed by atoms with E-state index in [0.717, 1.165) is 12.1 Å². The second kappa shape index (κ2) is 6.11. The summed E-state index contributed by atoms with van der Waals surface area (Å²) in [7, 11) is 0. The summed E-state index contributed by atoms with van der Waals surface area (Å²) in [6.45, 7) is 0. The van der Waals surface area contributed by atoms with Gasteiger partial charge >= 0.3 is 5.97 Å². The predicted molar refractivity (Wildman–Crippen MR) is 79.3 cm³/mol. The first-order chi connectivity index (χ1) is 9.90. The zero-order valence-corrected chi connectivity index (χ0v) is 12.6. The van der Waals surface area contributed by atoms with E-state index < -0.39 is 16.6 Å². The fraction of sp³-hybridized carbons (Fsp3) is 0. The average molecular weight is 373 g/mol. The Balaban J connectivity index is 2.55. The van der Waals surface area contributed by atoms with Crippen LogP contribution in [0.15, 0.2) is 40.9 Å². The Labute approximate surface area is 132 Å². The molecule has 0 atom stereocenters. The van der Waals surface area contributed by atoms with Gasteiger partial charge in [-0.1, -0.05) is 23.7 Å². The van der Waals surface area contributed by atoms with Gasteiger partial charge in [0.1, 0.15) is 11.3 Å². The monoisotopic (exact) mass is 371 g/mol. The summed E-state index contributed by atoms with van der Waals surface area (Å²) in [6, 6.07) is 8.70. The molecular formula is C13H7BrClNO5. The molecule has 1 N–H and O–H groups in total. The number of para-hydroxylation sites is 1. The summed E-state index contributed by atoms with van der Waals surface area (Å²) < 4.78 is 6.08. The van der Waals surface area contributed by atoms with Gasteiger partial charge in [-0.05, 0) is 28.1 Å². The van der Waals surface area contributed by atoms with Crippen molar-refractivity contribution in [3.63, 3.8) is 0 Å². The number of nitro groups is 1. The highest BCUT2D eigenvalue weighted by atomic mass is 79.9. The molecule has 2 aromatic carbocycles. The number of ether oxygens (including phenoxy) is 1. The van der Waals surface area contributed by atoms with Gasteiger partial charge in [-0.3, -0.25) is 10.1 Å². The Morgan fingerprint density at radius 2 is 2.00 bits per heavy atom. The van der Waals surface area contributed by atoms with Crippen LogP contribution >= 0.6 is 27.5 Å². The third-order valence-corrected chi connectivity index (χ3v) is 3.45. The Morgan fingerprint density at radius 3 is 2.57 bits per heavy atom. The fourth-order valence-corrected chi connectivity index (χ4v) is 2.20. The summed E-state index contributed by atoms with van der Waals surface area (Å²) in [5.74, 6) is -1.18. The molecule has 0 aromatic heterocycles. The van der Waals surface area contributed by atoms with Crippen LogP contribution in [-0.4, -0.2) is 16.0 Å². The van der Waals surface area contributed by atoms with Crippen molar-refractivity contribution in [2.45, 2.75) is 0 Å². The van der Waals surface area contributed by atoms with Crippen LogP contribution in [-0.2, 0) is 0 Å².